The predicted octanol–water partition coefficient (Wildman–Crippen LogP) is 2.80. The fourth-order valence-electron chi connectivity index (χ4n) is 2.56. The molecule has 0 bridgehead atoms. The van der Waals surface area contributed by atoms with Crippen LogP contribution in [0.15, 0.2) is 48.5 Å². The summed E-state index contributed by atoms with van der Waals surface area (Å²) in [4.78, 5) is 13.9. The number of benzene rings is 2. The first kappa shape index (κ1) is 19.9. The molecule has 2 aromatic rings. The smallest absolute Gasteiger partial charge is 0.240 e. The Hall–Kier alpha value is -2.41. The number of halogens is 1. The van der Waals surface area contributed by atoms with Gasteiger partial charge in [0.05, 0.1) is 12.9 Å². The zero-order valence-electron chi connectivity index (χ0n) is 15.0. The van der Waals surface area contributed by atoms with Gasteiger partial charge in [-0.05, 0) is 30.2 Å². The van der Waals surface area contributed by atoms with Gasteiger partial charge >= 0.3 is 0 Å². The van der Waals surface area contributed by atoms with Crippen LogP contribution >= 0.6 is 0 Å². The largest absolute Gasteiger partial charge is 0.494 e. The van der Waals surface area contributed by atoms with Crippen LogP contribution in [0.2, 0.25) is 0 Å². The zero-order chi connectivity index (χ0) is 19.3. The lowest BCUT2D eigenvalue weighted by molar-refractivity contribution is -0.129. The van der Waals surface area contributed by atoms with Crippen molar-refractivity contribution in [2.45, 2.75) is 24.5 Å². The summed E-state index contributed by atoms with van der Waals surface area (Å²) in [7, 11) is -0.890. The summed E-state index contributed by atoms with van der Waals surface area (Å²) in [5.41, 5.74) is 1.18. The van der Waals surface area contributed by atoms with Crippen LogP contribution in [0.3, 0.4) is 0 Å². The molecule has 0 heterocycles. The van der Waals surface area contributed by atoms with Crippen molar-refractivity contribution < 1.29 is 22.3 Å². The van der Waals surface area contributed by atoms with Gasteiger partial charge in [0.2, 0.25) is 5.91 Å². The van der Waals surface area contributed by atoms with Crippen molar-refractivity contribution in [3.8, 4) is 5.75 Å². The van der Waals surface area contributed by atoms with Crippen molar-refractivity contribution in [3.63, 3.8) is 0 Å². The zero-order valence-corrected chi connectivity index (χ0v) is 15.8. The summed E-state index contributed by atoms with van der Waals surface area (Å²) < 4.78 is 43.7. The minimum atomic E-state index is -3.78. The maximum Gasteiger partial charge on any atom is 0.240 e. The predicted molar refractivity (Wildman–Crippen MR) is 98.0 cm³/mol. The van der Waals surface area contributed by atoms with E-state index >= 15 is 0 Å². The molecule has 0 unspecified atom stereocenters. The molecule has 1 amide bonds. The van der Waals surface area contributed by atoms with E-state index in [4.69, 9.17) is 4.74 Å². The molecular weight excluding hydrogens is 357 g/mol. The van der Waals surface area contributed by atoms with Crippen molar-refractivity contribution in [1.82, 2.24) is 4.90 Å². The van der Waals surface area contributed by atoms with Gasteiger partial charge in [0.1, 0.15) is 5.25 Å². The normalized spacial score (nSPS) is 12.5. The minimum Gasteiger partial charge on any atom is -0.494 e. The number of methoxy groups -OCH3 is 1. The number of carbonyl (C=O) groups is 1. The third kappa shape index (κ3) is 4.82. The molecule has 0 N–H and O–H groups in total. The van der Waals surface area contributed by atoms with Crippen molar-refractivity contribution >= 4 is 15.7 Å². The Morgan fingerprint density at radius 1 is 1.15 bits per heavy atom. The number of hydrogen-bond donors (Lipinski definition) is 0. The fourth-order valence-corrected chi connectivity index (χ4v) is 3.94. The van der Waals surface area contributed by atoms with Crippen molar-refractivity contribution in [1.29, 1.82) is 0 Å². The molecule has 0 aliphatic carbocycles. The van der Waals surface area contributed by atoms with Crippen LogP contribution in [0.5, 0.6) is 5.75 Å². The Labute approximate surface area is 153 Å². The fraction of sp³-hybridized carbons (Fsp3) is 0.316. The highest BCUT2D eigenvalue weighted by molar-refractivity contribution is 7.92. The van der Waals surface area contributed by atoms with E-state index in [1.54, 1.807) is 7.05 Å². The van der Waals surface area contributed by atoms with Gasteiger partial charge in [-0.3, -0.25) is 4.79 Å². The molecule has 0 aliphatic rings. The molecule has 1 atom stereocenters. The number of rotatable bonds is 7. The van der Waals surface area contributed by atoms with Crippen molar-refractivity contribution in [2.75, 3.05) is 14.2 Å². The minimum absolute atomic E-state index is 0.0397. The average Bonchev–Trinajstić information content (AvgIpc) is 2.61. The Bertz CT molecular complexity index is 868. The maximum absolute atomic E-state index is 13.8. The number of carbonyl (C=O) groups excluding carboxylic acids is 1. The van der Waals surface area contributed by atoms with Crippen molar-refractivity contribution in [2.24, 2.45) is 0 Å². The topological polar surface area (TPSA) is 63.7 Å². The molecule has 140 valence electrons. The summed E-state index contributed by atoms with van der Waals surface area (Å²) in [6.07, 6.45) is 0. The number of amides is 1. The van der Waals surface area contributed by atoms with E-state index in [0.717, 1.165) is 11.6 Å². The third-order valence-electron chi connectivity index (χ3n) is 4.11. The van der Waals surface area contributed by atoms with Crippen LogP contribution < -0.4 is 4.74 Å². The van der Waals surface area contributed by atoms with Crippen LogP contribution in [-0.2, 0) is 26.9 Å². The van der Waals surface area contributed by atoms with Crippen LogP contribution in [0.25, 0.3) is 0 Å². The number of nitrogens with zero attached hydrogens (tertiary/aromatic N) is 1. The van der Waals surface area contributed by atoms with Gasteiger partial charge in [-0.2, -0.15) is 0 Å². The molecule has 0 saturated carbocycles. The molecule has 0 aliphatic heterocycles. The number of ether oxygens (including phenoxy) is 1. The highest BCUT2D eigenvalue weighted by Gasteiger charge is 2.30. The molecule has 26 heavy (non-hydrogen) atoms. The second kappa shape index (κ2) is 8.31. The lowest BCUT2D eigenvalue weighted by Gasteiger charge is -2.21. The summed E-state index contributed by atoms with van der Waals surface area (Å²) in [6.45, 7) is 1.68. The second-order valence-electron chi connectivity index (χ2n) is 6.10. The highest BCUT2D eigenvalue weighted by Crippen LogP contribution is 2.21. The van der Waals surface area contributed by atoms with E-state index in [9.17, 15) is 17.6 Å². The third-order valence-corrected chi connectivity index (χ3v) is 6.12. The molecule has 2 aromatic carbocycles. The highest BCUT2D eigenvalue weighted by atomic mass is 32.2. The SMILES string of the molecule is COc1ccc(CS(=O)(=O)[C@H](C)C(=O)N(C)Cc2ccccc2)cc1F. The lowest BCUT2D eigenvalue weighted by Crippen LogP contribution is -2.39. The molecular formula is C19H22FNO4S. The molecule has 5 nitrogen and oxygen atoms in total. The molecule has 0 spiro atoms. The summed E-state index contributed by atoms with van der Waals surface area (Å²) >= 11 is 0. The average molecular weight is 379 g/mol. The Morgan fingerprint density at radius 2 is 1.81 bits per heavy atom. The quantitative estimate of drug-likeness (QED) is 0.742. The summed E-state index contributed by atoms with van der Waals surface area (Å²) in [6, 6.07) is 13.3. The monoisotopic (exact) mass is 379 g/mol. The summed E-state index contributed by atoms with van der Waals surface area (Å²) in [5, 5.41) is -1.22. The second-order valence-corrected chi connectivity index (χ2v) is 8.42. The number of sulfone groups is 1. The first-order valence-electron chi connectivity index (χ1n) is 8.07. The van der Waals surface area contributed by atoms with Gasteiger partial charge in [-0.15, -0.1) is 0 Å². The van der Waals surface area contributed by atoms with E-state index in [0.29, 0.717) is 6.54 Å². The van der Waals surface area contributed by atoms with E-state index < -0.39 is 32.6 Å². The van der Waals surface area contributed by atoms with Crippen LogP contribution in [-0.4, -0.2) is 38.6 Å². The van der Waals surface area contributed by atoms with Gasteiger partial charge in [-0.25, -0.2) is 12.8 Å². The van der Waals surface area contributed by atoms with E-state index in [1.807, 2.05) is 30.3 Å². The first-order valence-corrected chi connectivity index (χ1v) is 9.79. The molecule has 0 aromatic heterocycles. The molecule has 7 heteroatoms. The Balaban J connectivity index is 2.09. The van der Waals surface area contributed by atoms with Crippen LogP contribution in [0.1, 0.15) is 18.1 Å². The van der Waals surface area contributed by atoms with Gasteiger partial charge < -0.3 is 9.64 Å². The van der Waals surface area contributed by atoms with E-state index in [2.05, 4.69) is 0 Å². The standard InChI is InChI=1S/C19H22FNO4S/c1-14(19(22)21(2)12-15-7-5-4-6-8-15)26(23,24)13-16-9-10-18(25-3)17(20)11-16/h4-11,14H,12-13H2,1-3H3/t14-/m1/s1. The molecule has 0 radical (unpaired) electrons. The van der Waals surface area contributed by atoms with Crippen LogP contribution in [0.4, 0.5) is 4.39 Å². The van der Waals surface area contributed by atoms with Gasteiger partial charge in [0.15, 0.2) is 21.4 Å². The van der Waals surface area contributed by atoms with E-state index in [1.165, 1.54) is 31.1 Å². The summed E-state index contributed by atoms with van der Waals surface area (Å²) in [5.74, 6) is -1.51. The van der Waals surface area contributed by atoms with Crippen molar-refractivity contribution in [3.05, 3.63) is 65.5 Å². The number of hydrogen-bond acceptors (Lipinski definition) is 4. The molecule has 2 rings (SSSR count). The molecule has 0 saturated heterocycles. The first-order chi connectivity index (χ1) is 12.2. The maximum atomic E-state index is 13.8. The van der Waals surface area contributed by atoms with Gasteiger partial charge in [0, 0.05) is 13.6 Å². The van der Waals surface area contributed by atoms with Crippen LogP contribution in [0, 0.1) is 5.82 Å². The van der Waals surface area contributed by atoms with Gasteiger partial charge in [-0.1, -0.05) is 36.4 Å². The Kier molecular flexibility index (Phi) is 6.37. The van der Waals surface area contributed by atoms with E-state index in [-0.39, 0.29) is 11.3 Å². The Morgan fingerprint density at radius 3 is 2.38 bits per heavy atom. The molecule has 0 fully saturated rings. The van der Waals surface area contributed by atoms with Gasteiger partial charge in [0.25, 0.3) is 0 Å². The lowest BCUT2D eigenvalue weighted by atomic mass is 10.2.